The van der Waals surface area contributed by atoms with E-state index in [0.29, 0.717) is 0 Å². The maximum atomic E-state index is 9.41. The van der Waals surface area contributed by atoms with Crippen LogP contribution in [0.4, 0.5) is 10.8 Å². The second-order valence-electron chi connectivity index (χ2n) is 4.40. The minimum Gasteiger partial charge on any atom is -0.508 e. The van der Waals surface area contributed by atoms with Crippen LogP contribution in [0, 0.1) is 6.92 Å². The van der Waals surface area contributed by atoms with Crippen LogP contribution >= 0.6 is 11.3 Å². The van der Waals surface area contributed by atoms with E-state index in [4.69, 9.17) is 0 Å². The van der Waals surface area contributed by atoms with Gasteiger partial charge < -0.3 is 10.4 Å². The van der Waals surface area contributed by atoms with Crippen molar-refractivity contribution in [1.82, 2.24) is 9.97 Å². The van der Waals surface area contributed by atoms with Crippen molar-refractivity contribution < 1.29 is 5.11 Å². The van der Waals surface area contributed by atoms with Gasteiger partial charge in [0.25, 0.3) is 0 Å². The molecule has 0 spiro atoms. The molecule has 0 aliphatic rings. The molecule has 100 valence electrons. The van der Waals surface area contributed by atoms with Gasteiger partial charge in [-0.05, 0) is 42.8 Å². The van der Waals surface area contributed by atoms with E-state index in [1.165, 1.54) is 0 Å². The second kappa shape index (κ2) is 5.30. The van der Waals surface area contributed by atoms with E-state index in [-0.39, 0.29) is 5.75 Å². The second-order valence-corrected chi connectivity index (χ2v) is 5.26. The molecule has 0 unspecified atom stereocenters. The molecule has 0 aliphatic heterocycles. The molecule has 0 saturated carbocycles. The van der Waals surface area contributed by atoms with Crippen molar-refractivity contribution in [2.75, 3.05) is 5.32 Å². The third-order valence-corrected chi connectivity index (χ3v) is 3.69. The van der Waals surface area contributed by atoms with Crippen molar-refractivity contribution in [1.29, 1.82) is 0 Å². The van der Waals surface area contributed by atoms with Crippen molar-refractivity contribution in [2.24, 2.45) is 0 Å². The molecule has 0 atom stereocenters. The van der Waals surface area contributed by atoms with Gasteiger partial charge in [-0.3, -0.25) is 4.98 Å². The molecular formula is C15H13N3OS. The molecule has 0 radical (unpaired) electrons. The topological polar surface area (TPSA) is 58.0 Å². The van der Waals surface area contributed by atoms with Crippen LogP contribution < -0.4 is 5.32 Å². The van der Waals surface area contributed by atoms with Crippen LogP contribution in [0.25, 0.3) is 11.3 Å². The molecule has 2 heterocycles. The Labute approximate surface area is 120 Å². The van der Waals surface area contributed by atoms with Gasteiger partial charge in [-0.25, -0.2) is 4.98 Å². The first-order valence-electron chi connectivity index (χ1n) is 6.15. The zero-order valence-electron chi connectivity index (χ0n) is 10.9. The number of benzene rings is 1. The van der Waals surface area contributed by atoms with Crippen molar-refractivity contribution in [3.8, 4) is 17.0 Å². The highest BCUT2D eigenvalue weighted by atomic mass is 32.1. The van der Waals surface area contributed by atoms with Gasteiger partial charge in [0, 0.05) is 29.0 Å². The summed E-state index contributed by atoms with van der Waals surface area (Å²) in [5.41, 5.74) is 3.90. The van der Waals surface area contributed by atoms with Gasteiger partial charge in [0.05, 0.1) is 5.69 Å². The molecule has 2 N–H and O–H groups in total. The molecule has 0 bridgehead atoms. The van der Waals surface area contributed by atoms with Crippen LogP contribution in [-0.4, -0.2) is 15.1 Å². The van der Waals surface area contributed by atoms with Gasteiger partial charge in [-0.15, -0.1) is 11.3 Å². The Kier molecular flexibility index (Phi) is 3.35. The summed E-state index contributed by atoms with van der Waals surface area (Å²) >= 11 is 1.55. The molecule has 0 saturated heterocycles. The Hall–Kier alpha value is -2.40. The van der Waals surface area contributed by atoms with Gasteiger partial charge in [0.1, 0.15) is 5.75 Å². The number of hydrogen-bond acceptors (Lipinski definition) is 5. The fraction of sp³-hybridized carbons (Fsp3) is 0.0667. The van der Waals surface area contributed by atoms with Gasteiger partial charge in [-0.2, -0.15) is 0 Å². The van der Waals surface area contributed by atoms with Crippen LogP contribution in [-0.2, 0) is 0 Å². The number of aromatic hydroxyl groups is 1. The molecule has 3 rings (SSSR count). The Morgan fingerprint density at radius 3 is 2.70 bits per heavy atom. The molecule has 0 aliphatic carbocycles. The molecule has 5 heteroatoms. The number of nitrogens with zero attached hydrogens (tertiary/aromatic N) is 2. The van der Waals surface area contributed by atoms with E-state index in [1.54, 1.807) is 35.9 Å². The summed E-state index contributed by atoms with van der Waals surface area (Å²) in [5, 5.41) is 15.5. The highest BCUT2D eigenvalue weighted by Gasteiger charge is 2.06. The number of anilines is 2. The lowest BCUT2D eigenvalue weighted by Crippen LogP contribution is -1.92. The molecule has 2 aromatic heterocycles. The van der Waals surface area contributed by atoms with Gasteiger partial charge in [-0.1, -0.05) is 0 Å². The summed E-state index contributed by atoms with van der Waals surface area (Å²) in [4.78, 5) is 8.56. The van der Waals surface area contributed by atoms with E-state index in [2.05, 4.69) is 15.3 Å². The lowest BCUT2D eigenvalue weighted by molar-refractivity contribution is 0.475. The summed E-state index contributed by atoms with van der Waals surface area (Å²) in [6.45, 7) is 1.94. The minimum atomic E-state index is 0.268. The smallest absolute Gasteiger partial charge is 0.187 e. The molecule has 0 fully saturated rings. The predicted molar refractivity (Wildman–Crippen MR) is 81.5 cm³/mol. The normalized spacial score (nSPS) is 10.4. The summed E-state index contributed by atoms with van der Waals surface area (Å²) in [6, 6.07) is 9.10. The van der Waals surface area contributed by atoms with E-state index < -0.39 is 0 Å². The lowest BCUT2D eigenvalue weighted by atomic mass is 10.2. The quantitative estimate of drug-likeness (QED) is 0.714. The van der Waals surface area contributed by atoms with Gasteiger partial charge in [0.15, 0.2) is 5.13 Å². The van der Waals surface area contributed by atoms with E-state index in [1.807, 2.05) is 30.5 Å². The predicted octanol–water partition coefficient (Wildman–Crippen LogP) is 3.96. The average molecular weight is 283 g/mol. The van der Waals surface area contributed by atoms with Crippen LogP contribution in [0.5, 0.6) is 5.75 Å². The highest BCUT2D eigenvalue weighted by Crippen LogP contribution is 2.29. The number of thiazole rings is 1. The van der Waals surface area contributed by atoms with Crippen molar-refractivity contribution in [2.45, 2.75) is 6.92 Å². The lowest BCUT2D eigenvalue weighted by Gasteiger charge is -2.06. The number of pyridine rings is 1. The number of phenols is 1. The fourth-order valence-corrected chi connectivity index (χ4v) is 2.62. The first-order chi connectivity index (χ1) is 9.72. The fourth-order valence-electron chi connectivity index (χ4n) is 1.89. The summed E-state index contributed by atoms with van der Waals surface area (Å²) in [6.07, 6.45) is 3.51. The first-order valence-corrected chi connectivity index (χ1v) is 7.03. The van der Waals surface area contributed by atoms with Gasteiger partial charge >= 0.3 is 0 Å². The number of phenolic OH excluding ortho intramolecular Hbond substituents is 1. The monoisotopic (exact) mass is 283 g/mol. The number of aromatic nitrogens is 2. The average Bonchev–Trinajstić information content (AvgIpc) is 2.92. The molecule has 0 amide bonds. The molecule has 20 heavy (non-hydrogen) atoms. The van der Waals surface area contributed by atoms with Crippen LogP contribution in [0.1, 0.15) is 5.56 Å². The molecule has 4 nitrogen and oxygen atoms in total. The molecule has 3 aromatic rings. The standard InChI is InChI=1S/C15H13N3OS/c1-10-8-12(19)2-3-13(10)17-15-18-14(9-20-15)11-4-6-16-7-5-11/h2-9,19H,1H3,(H,17,18). The maximum Gasteiger partial charge on any atom is 0.187 e. The number of hydrogen-bond donors (Lipinski definition) is 2. The van der Waals surface area contributed by atoms with Gasteiger partial charge in [0.2, 0.25) is 0 Å². The maximum absolute atomic E-state index is 9.41. The van der Waals surface area contributed by atoms with Crippen LogP contribution in [0.15, 0.2) is 48.1 Å². The summed E-state index contributed by atoms with van der Waals surface area (Å²) in [7, 11) is 0. The molecule has 1 aromatic carbocycles. The Bertz CT molecular complexity index is 725. The minimum absolute atomic E-state index is 0.268. The number of rotatable bonds is 3. The molecular weight excluding hydrogens is 270 g/mol. The van der Waals surface area contributed by atoms with Crippen LogP contribution in [0.2, 0.25) is 0 Å². The SMILES string of the molecule is Cc1cc(O)ccc1Nc1nc(-c2ccncc2)cs1. The highest BCUT2D eigenvalue weighted by molar-refractivity contribution is 7.14. The van der Waals surface area contributed by atoms with Crippen molar-refractivity contribution in [3.05, 3.63) is 53.7 Å². The first kappa shape index (κ1) is 12.6. The van der Waals surface area contributed by atoms with Crippen LogP contribution in [0.3, 0.4) is 0 Å². The Morgan fingerprint density at radius 2 is 1.95 bits per heavy atom. The number of nitrogens with one attached hydrogen (secondary N) is 1. The summed E-state index contributed by atoms with van der Waals surface area (Å²) in [5.74, 6) is 0.268. The third kappa shape index (κ3) is 2.62. The van der Waals surface area contributed by atoms with E-state index >= 15 is 0 Å². The number of aryl methyl sites for hydroxylation is 1. The largest absolute Gasteiger partial charge is 0.508 e. The summed E-state index contributed by atoms with van der Waals surface area (Å²) < 4.78 is 0. The zero-order valence-corrected chi connectivity index (χ0v) is 11.7. The zero-order chi connectivity index (χ0) is 13.9. The van der Waals surface area contributed by atoms with E-state index in [9.17, 15) is 5.11 Å². The van der Waals surface area contributed by atoms with Crippen molar-refractivity contribution >= 4 is 22.2 Å². The Morgan fingerprint density at radius 1 is 1.15 bits per heavy atom. The Balaban J connectivity index is 1.84. The van der Waals surface area contributed by atoms with E-state index in [0.717, 1.165) is 27.6 Å². The third-order valence-electron chi connectivity index (χ3n) is 2.93. The van der Waals surface area contributed by atoms with Crippen molar-refractivity contribution in [3.63, 3.8) is 0 Å².